The third kappa shape index (κ3) is 9.63. The van der Waals surface area contributed by atoms with Crippen molar-refractivity contribution in [1.82, 2.24) is 0 Å². The smallest absolute Gasteiger partial charge is 2.00 e. The van der Waals surface area contributed by atoms with E-state index in [1.165, 1.54) is 0 Å². The van der Waals surface area contributed by atoms with Gasteiger partial charge in [-0.05, 0) is 48.2 Å². The van der Waals surface area contributed by atoms with Crippen molar-refractivity contribution in [3.63, 3.8) is 0 Å². The van der Waals surface area contributed by atoms with Crippen LogP contribution in [0.2, 0.25) is 0 Å². The zero-order valence-corrected chi connectivity index (χ0v) is 17.7. The number of benzene rings is 1. The van der Waals surface area contributed by atoms with Crippen molar-refractivity contribution in [3.05, 3.63) is 30.3 Å². The van der Waals surface area contributed by atoms with Crippen LogP contribution in [0, 0.1) is 0 Å². The van der Waals surface area contributed by atoms with Crippen LogP contribution in [-0.4, -0.2) is 13.2 Å². The van der Waals surface area contributed by atoms with Crippen LogP contribution in [-0.2, 0) is 53.8 Å². The fraction of sp³-hybridized carbons (Fsp3) is 0.500. The molecule has 2 nitrogen and oxygen atoms in total. The first kappa shape index (κ1) is 22.4. The first-order chi connectivity index (χ1) is 8.20. The molecule has 19 heavy (non-hydrogen) atoms. The zero-order chi connectivity index (χ0) is 12.6. The van der Waals surface area contributed by atoms with Gasteiger partial charge >= 0.3 is 19.5 Å². The Morgan fingerprint density at radius 1 is 1.05 bits per heavy atom. The minimum absolute atomic E-state index is 0. The van der Waals surface area contributed by atoms with Gasteiger partial charge in [-0.25, -0.2) is 0 Å². The Kier molecular flexibility index (Phi) is 15.1. The quantitative estimate of drug-likeness (QED) is 0.468. The fourth-order valence-electron chi connectivity index (χ4n) is 1.11. The molecule has 0 heterocycles. The molecule has 0 aliphatic rings. The second-order valence-corrected chi connectivity index (χ2v) is 9.71. The zero-order valence-electron chi connectivity index (χ0n) is 11.4. The molecule has 0 aliphatic carbocycles. The Bertz CT molecular complexity index is 353. The summed E-state index contributed by atoms with van der Waals surface area (Å²) in [5.41, 5.74) is -2.22. The predicted octanol–water partition coefficient (Wildman–Crippen LogP) is 4.85. The average Bonchev–Trinajstić information content (AvgIpc) is 2.35. The van der Waals surface area contributed by atoms with Gasteiger partial charge < -0.3 is 22.5 Å². The van der Waals surface area contributed by atoms with Crippen molar-refractivity contribution in [2.24, 2.45) is 0 Å². The van der Waals surface area contributed by atoms with Gasteiger partial charge in [-0.2, -0.15) is 0 Å². The minimum Gasteiger partial charge on any atom is -2.00 e. The Hall–Kier alpha value is 1.11. The van der Waals surface area contributed by atoms with Crippen LogP contribution in [0.1, 0.15) is 26.7 Å². The first-order valence-electron chi connectivity index (χ1n) is 5.84. The van der Waals surface area contributed by atoms with Crippen LogP contribution in [0.5, 0.6) is 0 Å². The van der Waals surface area contributed by atoms with Crippen molar-refractivity contribution >= 4 is 42.4 Å². The normalized spacial score (nSPS) is 10.4. The van der Waals surface area contributed by atoms with E-state index in [-0.39, 0.29) is 33.0 Å². The summed E-state index contributed by atoms with van der Waals surface area (Å²) < 4.78 is 11.5. The molecular formula is C12H19O2PS3Zn. The molecule has 0 atom stereocenters. The molecule has 1 aromatic rings. The van der Waals surface area contributed by atoms with Gasteiger partial charge in [0.1, 0.15) is 0 Å². The van der Waals surface area contributed by atoms with Crippen molar-refractivity contribution in [2.45, 2.75) is 31.6 Å². The molecule has 0 spiro atoms. The second kappa shape index (κ2) is 12.8. The molecule has 0 N–H and O–H groups in total. The van der Waals surface area contributed by atoms with Crippen LogP contribution < -0.4 is 0 Å². The number of rotatable bonds is 8. The molecule has 0 saturated heterocycles. The third-order valence-corrected chi connectivity index (χ3v) is 6.81. The number of hydrogen-bond donors (Lipinski definition) is 0. The molecule has 0 fully saturated rings. The fourth-order valence-corrected chi connectivity index (χ4v) is 5.76. The monoisotopic (exact) mass is 386 g/mol. The molecule has 0 aromatic heterocycles. The summed E-state index contributed by atoms with van der Waals surface area (Å²) in [4.78, 5) is 1.11. The molecule has 1 rings (SSSR count). The minimum atomic E-state index is -2.22. The van der Waals surface area contributed by atoms with E-state index in [1.807, 2.05) is 30.3 Å². The predicted molar refractivity (Wildman–Crippen MR) is 86.4 cm³/mol. The first-order valence-corrected chi connectivity index (χ1v) is 9.90. The van der Waals surface area contributed by atoms with E-state index in [0.29, 0.717) is 13.2 Å². The van der Waals surface area contributed by atoms with Gasteiger partial charge in [0.2, 0.25) is 0 Å². The summed E-state index contributed by atoms with van der Waals surface area (Å²) >= 11 is 7.10. The van der Waals surface area contributed by atoms with Gasteiger partial charge in [0.05, 0.1) is 13.2 Å². The summed E-state index contributed by atoms with van der Waals surface area (Å²) in [6.45, 7) is 5.49. The number of hydrogen-bond acceptors (Lipinski definition) is 4. The Morgan fingerprint density at radius 3 is 1.95 bits per heavy atom. The molecule has 0 unspecified atom stereocenters. The summed E-state index contributed by atoms with van der Waals surface area (Å²) in [6, 6.07) is 10.1. The van der Waals surface area contributed by atoms with Gasteiger partial charge in [0.25, 0.3) is 5.69 Å². The molecule has 0 saturated carbocycles. The van der Waals surface area contributed by atoms with Gasteiger partial charge in [-0.15, -0.1) is 0 Å². The molecule has 0 aliphatic heterocycles. The van der Waals surface area contributed by atoms with E-state index >= 15 is 0 Å². The van der Waals surface area contributed by atoms with Crippen molar-refractivity contribution < 1.29 is 28.5 Å². The van der Waals surface area contributed by atoms with Crippen LogP contribution in [0.25, 0.3) is 0 Å². The molecule has 1 aromatic carbocycles. The third-order valence-electron chi connectivity index (χ3n) is 1.87. The Labute approximate surface area is 145 Å². The Balaban J connectivity index is 0. The SMILES string of the molecule is CCCOP(=S)(OCCC)Sc1ccccc1.[S-2].[Zn+2]. The molecule has 104 valence electrons. The van der Waals surface area contributed by atoms with Gasteiger partial charge in [-0.1, -0.05) is 32.0 Å². The summed E-state index contributed by atoms with van der Waals surface area (Å²) in [5, 5.41) is 0. The van der Waals surface area contributed by atoms with Crippen LogP contribution >= 0.6 is 17.1 Å². The molecule has 0 bridgehead atoms. The standard InChI is InChI=1S/C12H19O2PS2.S.Zn/c1-3-10-13-15(16,14-11-4-2)17-12-8-6-5-7-9-12;;/h5-9H,3-4,10-11H2,1-2H3;;/q;-2;+2. The van der Waals surface area contributed by atoms with Crippen molar-refractivity contribution in [1.29, 1.82) is 0 Å². The maximum atomic E-state index is 5.75. The largest absolute Gasteiger partial charge is 2.00 e. The summed E-state index contributed by atoms with van der Waals surface area (Å²) in [6.07, 6.45) is 1.92. The van der Waals surface area contributed by atoms with E-state index in [2.05, 4.69) is 13.8 Å². The molecule has 0 amide bonds. The maximum Gasteiger partial charge on any atom is 2.00 e. The van der Waals surface area contributed by atoms with E-state index in [1.54, 1.807) is 11.4 Å². The van der Waals surface area contributed by atoms with Crippen LogP contribution in [0.15, 0.2) is 35.2 Å². The maximum absolute atomic E-state index is 5.75. The average molecular weight is 388 g/mol. The van der Waals surface area contributed by atoms with Crippen molar-refractivity contribution in [2.75, 3.05) is 13.2 Å². The van der Waals surface area contributed by atoms with Crippen molar-refractivity contribution in [3.8, 4) is 0 Å². The summed E-state index contributed by atoms with van der Waals surface area (Å²) in [7, 11) is 0. The second-order valence-electron chi connectivity index (χ2n) is 3.52. The topological polar surface area (TPSA) is 18.5 Å². The van der Waals surface area contributed by atoms with Gasteiger partial charge in [0.15, 0.2) is 0 Å². The van der Waals surface area contributed by atoms with E-state index < -0.39 is 5.69 Å². The van der Waals surface area contributed by atoms with Crippen LogP contribution in [0.4, 0.5) is 0 Å². The molecular weight excluding hydrogens is 369 g/mol. The van der Waals surface area contributed by atoms with E-state index in [9.17, 15) is 0 Å². The Morgan fingerprint density at radius 2 is 1.53 bits per heavy atom. The molecule has 7 heteroatoms. The van der Waals surface area contributed by atoms with E-state index in [4.69, 9.17) is 20.9 Å². The summed E-state index contributed by atoms with van der Waals surface area (Å²) in [5.74, 6) is 0. The molecule has 0 radical (unpaired) electrons. The van der Waals surface area contributed by atoms with Gasteiger partial charge in [-0.3, -0.25) is 0 Å². The van der Waals surface area contributed by atoms with Crippen LogP contribution in [0.3, 0.4) is 0 Å². The van der Waals surface area contributed by atoms with Gasteiger partial charge in [0, 0.05) is 4.90 Å². The van der Waals surface area contributed by atoms with E-state index in [0.717, 1.165) is 17.7 Å².